The van der Waals surface area contributed by atoms with E-state index in [1.807, 2.05) is 12.1 Å². The summed E-state index contributed by atoms with van der Waals surface area (Å²) in [6.07, 6.45) is 2.84. The van der Waals surface area contributed by atoms with E-state index in [0.29, 0.717) is 25.1 Å². The van der Waals surface area contributed by atoms with E-state index in [1.165, 1.54) is 6.07 Å². The molecule has 0 unspecified atom stereocenters. The van der Waals surface area contributed by atoms with Crippen molar-refractivity contribution in [3.05, 3.63) is 46.8 Å². The number of carboxylic acid groups (broad SMARTS) is 1. The third-order valence-electron chi connectivity index (χ3n) is 5.33. The minimum atomic E-state index is -0.741. The highest BCUT2D eigenvalue weighted by Crippen LogP contribution is 2.28. The van der Waals surface area contributed by atoms with Crippen molar-refractivity contribution in [2.45, 2.75) is 32.2 Å². The molecule has 0 radical (unpaired) electrons. The van der Waals surface area contributed by atoms with Gasteiger partial charge >= 0.3 is 5.97 Å². The number of hydrogen-bond donors (Lipinski definition) is 2. The average Bonchev–Trinajstić information content (AvgIpc) is 2.74. The van der Waals surface area contributed by atoms with Gasteiger partial charge in [0.1, 0.15) is 12.3 Å². The monoisotopic (exact) mass is 399 g/mol. The van der Waals surface area contributed by atoms with Crippen molar-refractivity contribution in [3.8, 4) is 17.0 Å². The average molecular weight is 399 g/mol. The normalized spacial score (nSPS) is 18.8. The highest BCUT2D eigenvalue weighted by molar-refractivity contribution is 5.75. The number of nitrogens with one attached hydrogen (secondary N) is 1. The minimum Gasteiger partial charge on any atom is -0.497 e. The lowest BCUT2D eigenvalue weighted by molar-refractivity contribution is -0.143. The van der Waals surface area contributed by atoms with Gasteiger partial charge in [-0.05, 0) is 61.9 Å². The van der Waals surface area contributed by atoms with Crippen LogP contribution in [0.15, 0.2) is 41.2 Å². The highest BCUT2D eigenvalue weighted by atomic mass is 16.5. The van der Waals surface area contributed by atoms with Gasteiger partial charge in [0.2, 0.25) is 5.91 Å². The van der Waals surface area contributed by atoms with E-state index < -0.39 is 5.97 Å². The highest BCUT2D eigenvalue weighted by Gasteiger charge is 2.26. The number of aromatic nitrogens is 2. The summed E-state index contributed by atoms with van der Waals surface area (Å²) in [5.41, 5.74) is 1.06. The largest absolute Gasteiger partial charge is 0.497 e. The van der Waals surface area contributed by atoms with Crippen molar-refractivity contribution in [3.63, 3.8) is 0 Å². The van der Waals surface area contributed by atoms with E-state index >= 15 is 0 Å². The summed E-state index contributed by atoms with van der Waals surface area (Å²) < 4.78 is 6.29. The lowest BCUT2D eigenvalue weighted by atomic mass is 9.82. The van der Waals surface area contributed by atoms with Crippen molar-refractivity contribution < 1.29 is 19.4 Å². The molecule has 0 aliphatic heterocycles. The van der Waals surface area contributed by atoms with E-state index in [9.17, 15) is 14.4 Å². The first-order valence-electron chi connectivity index (χ1n) is 9.68. The first-order valence-corrected chi connectivity index (χ1v) is 9.68. The number of rotatable bonds is 7. The zero-order chi connectivity index (χ0) is 20.8. The van der Waals surface area contributed by atoms with Gasteiger partial charge in [0.05, 0.1) is 18.7 Å². The van der Waals surface area contributed by atoms with E-state index in [0.717, 1.165) is 28.8 Å². The van der Waals surface area contributed by atoms with E-state index in [4.69, 9.17) is 9.84 Å². The summed E-state index contributed by atoms with van der Waals surface area (Å²) in [4.78, 5) is 35.4. The van der Waals surface area contributed by atoms with Gasteiger partial charge in [0, 0.05) is 18.2 Å². The van der Waals surface area contributed by atoms with Crippen LogP contribution < -0.4 is 15.6 Å². The van der Waals surface area contributed by atoms with Crippen LogP contribution in [-0.2, 0) is 16.1 Å². The maximum atomic E-state index is 12.3. The summed E-state index contributed by atoms with van der Waals surface area (Å²) >= 11 is 0. The molecule has 1 amide bonds. The first kappa shape index (κ1) is 20.6. The van der Waals surface area contributed by atoms with Crippen molar-refractivity contribution in [1.29, 1.82) is 0 Å². The Hall–Kier alpha value is -3.16. The van der Waals surface area contributed by atoms with Crippen molar-refractivity contribution in [2.24, 2.45) is 11.8 Å². The molecule has 0 bridgehead atoms. The fraction of sp³-hybridized carbons (Fsp3) is 0.429. The Bertz CT molecular complexity index is 915. The predicted octanol–water partition coefficient (Wildman–Crippen LogP) is 1.93. The van der Waals surface area contributed by atoms with Crippen LogP contribution in [0.2, 0.25) is 0 Å². The number of nitrogens with zero attached hydrogens (tertiary/aromatic N) is 2. The van der Waals surface area contributed by atoms with Crippen LogP contribution in [0.5, 0.6) is 5.75 Å². The standard InChI is InChI=1S/C21H25N3O5/c1-29-17-8-6-15(7-9-17)18-10-11-20(26)24(23-18)13-19(25)22-12-14-2-4-16(5-3-14)21(27)28/h6-11,14,16H,2-5,12-13H2,1H3,(H,22,25)(H,27,28). The fourth-order valence-corrected chi connectivity index (χ4v) is 3.54. The predicted molar refractivity (Wildman–Crippen MR) is 107 cm³/mol. The second-order valence-electron chi connectivity index (χ2n) is 7.30. The Morgan fingerprint density at radius 3 is 2.45 bits per heavy atom. The number of carboxylic acids is 1. The molecule has 0 atom stereocenters. The second-order valence-corrected chi connectivity index (χ2v) is 7.30. The van der Waals surface area contributed by atoms with E-state index in [-0.39, 0.29) is 29.8 Å². The van der Waals surface area contributed by atoms with Crippen LogP contribution in [-0.4, -0.2) is 40.4 Å². The zero-order valence-electron chi connectivity index (χ0n) is 16.3. The van der Waals surface area contributed by atoms with E-state index in [1.54, 1.807) is 25.3 Å². The number of aliphatic carboxylic acids is 1. The van der Waals surface area contributed by atoms with Crippen LogP contribution in [0.3, 0.4) is 0 Å². The van der Waals surface area contributed by atoms with Gasteiger partial charge in [0.15, 0.2) is 0 Å². The van der Waals surface area contributed by atoms with Gasteiger partial charge in [0.25, 0.3) is 5.56 Å². The molecule has 1 aliphatic carbocycles. The molecular weight excluding hydrogens is 374 g/mol. The molecule has 154 valence electrons. The lowest BCUT2D eigenvalue weighted by Gasteiger charge is -2.26. The van der Waals surface area contributed by atoms with Crippen LogP contribution >= 0.6 is 0 Å². The SMILES string of the molecule is COc1ccc(-c2ccc(=O)n(CC(=O)NCC3CCC(C(=O)O)CC3)n2)cc1. The quantitative estimate of drug-likeness (QED) is 0.736. The third kappa shape index (κ3) is 5.43. The number of amides is 1. The molecule has 8 nitrogen and oxygen atoms in total. The number of methoxy groups -OCH3 is 1. The molecule has 2 N–H and O–H groups in total. The van der Waals surface area contributed by atoms with Crippen molar-refractivity contribution >= 4 is 11.9 Å². The number of carbonyl (C=O) groups excluding carboxylic acids is 1. The summed E-state index contributed by atoms with van der Waals surface area (Å²) in [7, 11) is 1.59. The molecular formula is C21H25N3O5. The Kier molecular flexibility index (Phi) is 6.64. The molecule has 29 heavy (non-hydrogen) atoms. The number of carbonyl (C=O) groups is 2. The van der Waals surface area contributed by atoms with Crippen LogP contribution in [0, 0.1) is 11.8 Å². The maximum Gasteiger partial charge on any atom is 0.306 e. The lowest BCUT2D eigenvalue weighted by Crippen LogP contribution is -2.37. The molecule has 1 fully saturated rings. The third-order valence-corrected chi connectivity index (χ3v) is 5.33. The molecule has 0 saturated heterocycles. The number of hydrogen-bond acceptors (Lipinski definition) is 5. The van der Waals surface area contributed by atoms with Crippen LogP contribution in [0.1, 0.15) is 25.7 Å². The first-order chi connectivity index (χ1) is 14.0. The van der Waals surface area contributed by atoms with Crippen molar-refractivity contribution in [2.75, 3.05) is 13.7 Å². The van der Waals surface area contributed by atoms with E-state index in [2.05, 4.69) is 10.4 Å². The topological polar surface area (TPSA) is 111 Å². The number of benzene rings is 1. The van der Waals surface area contributed by atoms with Gasteiger partial charge < -0.3 is 15.2 Å². The fourth-order valence-electron chi connectivity index (χ4n) is 3.54. The molecule has 2 aromatic rings. The Morgan fingerprint density at radius 1 is 1.14 bits per heavy atom. The Labute approximate surface area is 168 Å². The summed E-state index contributed by atoms with van der Waals surface area (Å²) in [6, 6.07) is 10.3. The van der Waals surface area contributed by atoms with Crippen molar-refractivity contribution in [1.82, 2.24) is 15.1 Å². The summed E-state index contributed by atoms with van der Waals surface area (Å²) in [6.45, 7) is 0.325. The van der Waals surface area contributed by atoms with Gasteiger partial charge in [-0.2, -0.15) is 5.10 Å². The molecule has 1 aromatic carbocycles. The Morgan fingerprint density at radius 2 is 1.83 bits per heavy atom. The molecule has 1 aromatic heterocycles. The molecule has 8 heteroatoms. The summed E-state index contributed by atoms with van der Waals surface area (Å²) in [5, 5.41) is 16.2. The molecule has 3 rings (SSSR count). The second kappa shape index (κ2) is 9.36. The smallest absolute Gasteiger partial charge is 0.306 e. The molecule has 1 aliphatic rings. The number of ether oxygens (including phenoxy) is 1. The molecule has 1 saturated carbocycles. The molecule has 0 spiro atoms. The van der Waals surface area contributed by atoms with Gasteiger partial charge in [-0.25, -0.2) is 4.68 Å². The maximum absolute atomic E-state index is 12.3. The minimum absolute atomic E-state index is 0.159. The zero-order valence-corrected chi connectivity index (χ0v) is 16.3. The Balaban J connectivity index is 1.57. The van der Waals surface area contributed by atoms with Gasteiger partial charge in [-0.15, -0.1) is 0 Å². The molecule has 1 heterocycles. The van der Waals surface area contributed by atoms with Crippen LogP contribution in [0.25, 0.3) is 11.3 Å². The van der Waals surface area contributed by atoms with Crippen LogP contribution in [0.4, 0.5) is 0 Å². The van der Waals surface area contributed by atoms with Gasteiger partial charge in [-0.1, -0.05) is 0 Å². The van der Waals surface area contributed by atoms with Gasteiger partial charge in [-0.3, -0.25) is 14.4 Å². The summed E-state index contributed by atoms with van der Waals surface area (Å²) in [5.74, 6) is -0.310.